The second kappa shape index (κ2) is 3.03. The van der Waals surface area contributed by atoms with Crippen LogP contribution in [0.3, 0.4) is 0 Å². The predicted octanol–water partition coefficient (Wildman–Crippen LogP) is -0.635. The first-order chi connectivity index (χ1) is 5.79. The highest BCUT2D eigenvalue weighted by atomic mass is 16.4. The smallest absolute Gasteiger partial charge is 0.308 e. The minimum atomic E-state index is -0.633. The summed E-state index contributed by atoms with van der Waals surface area (Å²) in [4.78, 5) is 13.1. The lowest BCUT2D eigenvalue weighted by molar-refractivity contribution is -0.142. The minimum Gasteiger partial charge on any atom is -0.481 e. The molecule has 2 fully saturated rings. The largest absolute Gasteiger partial charge is 0.481 e. The third kappa shape index (κ3) is 1.21. The molecule has 0 saturated carbocycles. The Kier molecular flexibility index (Phi) is 2.02. The molecule has 12 heavy (non-hydrogen) atoms. The van der Waals surface area contributed by atoms with Gasteiger partial charge in [-0.05, 0) is 13.0 Å². The second-order valence-electron chi connectivity index (χ2n) is 3.54. The van der Waals surface area contributed by atoms with Gasteiger partial charge in [0, 0.05) is 25.7 Å². The van der Waals surface area contributed by atoms with Crippen LogP contribution in [-0.4, -0.2) is 48.2 Å². The van der Waals surface area contributed by atoms with Gasteiger partial charge in [0.05, 0.1) is 5.92 Å². The highest BCUT2D eigenvalue weighted by molar-refractivity contribution is 5.71. The molecule has 2 atom stereocenters. The fourth-order valence-corrected chi connectivity index (χ4v) is 2.23. The van der Waals surface area contributed by atoms with Crippen LogP contribution in [0.4, 0.5) is 0 Å². The SMILES string of the molecule is O=C(O)C1CCN2CCNCC12. The van der Waals surface area contributed by atoms with Crippen molar-refractivity contribution in [1.82, 2.24) is 10.2 Å². The van der Waals surface area contributed by atoms with E-state index >= 15 is 0 Å². The van der Waals surface area contributed by atoms with E-state index in [4.69, 9.17) is 5.11 Å². The Morgan fingerprint density at radius 3 is 3.08 bits per heavy atom. The molecule has 0 aromatic rings. The standard InChI is InChI=1S/C8H14N2O2/c11-8(12)6-1-3-10-4-2-9-5-7(6)10/h6-7,9H,1-5H2,(H,11,12). The summed E-state index contributed by atoms with van der Waals surface area (Å²) in [6.45, 7) is 3.82. The first-order valence-corrected chi connectivity index (χ1v) is 4.46. The molecule has 0 aliphatic carbocycles. The molecular formula is C8H14N2O2. The number of aliphatic carboxylic acids is 1. The predicted molar refractivity (Wildman–Crippen MR) is 44.0 cm³/mol. The van der Waals surface area contributed by atoms with Crippen molar-refractivity contribution in [2.75, 3.05) is 26.2 Å². The van der Waals surface area contributed by atoms with E-state index < -0.39 is 5.97 Å². The molecule has 2 aliphatic rings. The van der Waals surface area contributed by atoms with E-state index in [9.17, 15) is 4.79 Å². The van der Waals surface area contributed by atoms with E-state index in [1.807, 2.05) is 0 Å². The van der Waals surface area contributed by atoms with Crippen molar-refractivity contribution in [2.45, 2.75) is 12.5 Å². The van der Waals surface area contributed by atoms with Gasteiger partial charge in [-0.1, -0.05) is 0 Å². The van der Waals surface area contributed by atoms with Crippen molar-refractivity contribution < 1.29 is 9.90 Å². The van der Waals surface area contributed by atoms with Crippen molar-refractivity contribution in [1.29, 1.82) is 0 Å². The molecule has 2 N–H and O–H groups in total. The molecule has 0 bridgehead atoms. The summed E-state index contributed by atoms with van der Waals surface area (Å²) < 4.78 is 0. The van der Waals surface area contributed by atoms with E-state index in [1.54, 1.807) is 0 Å². The Hall–Kier alpha value is -0.610. The fraction of sp³-hybridized carbons (Fsp3) is 0.875. The molecule has 0 amide bonds. The maximum Gasteiger partial charge on any atom is 0.308 e. The van der Waals surface area contributed by atoms with Crippen LogP contribution in [0.15, 0.2) is 0 Å². The summed E-state index contributed by atoms with van der Waals surface area (Å²) in [7, 11) is 0. The molecule has 0 aromatic carbocycles. The monoisotopic (exact) mass is 170 g/mol. The van der Waals surface area contributed by atoms with Gasteiger partial charge in [0.1, 0.15) is 0 Å². The summed E-state index contributed by atoms with van der Waals surface area (Å²) in [6.07, 6.45) is 0.821. The van der Waals surface area contributed by atoms with Crippen LogP contribution in [0.25, 0.3) is 0 Å². The van der Waals surface area contributed by atoms with Crippen molar-refractivity contribution in [2.24, 2.45) is 5.92 Å². The van der Waals surface area contributed by atoms with Gasteiger partial charge in [-0.3, -0.25) is 9.69 Å². The maximum absolute atomic E-state index is 10.8. The molecule has 4 heteroatoms. The Morgan fingerprint density at radius 2 is 2.33 bits per heavy atom. The summed E-state index contributed by atoms with van der Waals surface area (Å²) >= 11 is 0. The fourth-order valence-electron chi connectivity index (χ4n) is 2.23. The van der Waals surface area contributed by atoms with Gasteiger partial charge < -0.3 is 10.4 Å². The number of piperazine rings is 1. The minimum absolute atomic E-state index is 0.141. The summed E-state index contributed by atoms with van der Waals surface area (Å²) in [5.41, 5.74) is 0. The van der Waals surface area contributed by atoms with Gasteiger partial charge in [-0.25, -0.2) is 0 Å². The number of rotatable bonds is 1. The number of nitrogens with zero attached hydrogens (tertiary/aromatic N) is 1. The molecule has 4 nitrogen and oxygen atoms in total. The Morgan fingerprint density at radius 1 is 1.50 bits per heavy atom. The first-order valence-electron chi connectivity index (χ1n) is 4.46. The molecule has 2 rings (SSSR count). The van der Waals surface area contributed by atoms with Crippen molar-refractivity contribution in [3.63, 3.8) is 0 Å². The van der Waals surface area contributed by atoms with Crippen LogP contribution in [-0.2, 0) is 4.79 Å². The Bertz CT molecular complexity index is 195. The molecule has 2 heterocycles. The van der Waals surface area contributed by atoms with E-state index in [1.165, 1.54) is 0 Å². The van der Waals surface area contributed by atoms with Crippen LogP contribution in [0, 0.1) is 5.92 Å². The number of carbonyl (C=O) groups is 1. The van der Waals surface area contributed by atoms with Gasteiger partial charge >= 0.3 is 5.97 Å². The van der Waals surface area contributed by atoms with Crippen LogP contribution in [0.2, 0.25) is 0 Å². The van der Waals surface area contributed by atoms with E-state index in [2.05, 4.69) is 10.2 Å². The zero-order valence-corrected chi connectivity index (χ0v) is 6.99. The van der Waals surface area contributed by atoms with Gasteiger partial charge in [0.15, 0.2) is 0 Å². The maximum atomic E-state index is 10.8. The van der Waals surface area contributed by atoms with Crippen LogP contribution in [0.1, 0.15) is 6.42 Å². The zero-order valence-electron chi connectivity index (χ0n) is 6.99. The number of fused-ring (bicyclic) bond motifs is 1. The van der Waals surface area contributed by atoms with Crippen LogP contribution < -0.4 is 5.32 Å². The quantitative estimate of drug-likeness (QED) is 0.550. The van der Waals surface area contributed by atoms with Crippen molar-refractivity contribution in [3.8, 4) is 0 Å². The van der Waals surface area contributed by atoms with Gasteiger partial charge in [-0.2, -0.15) is 0 Å². The van der Waals surface area contributed by atoms with E-state index in [0.717, 1.165) is 32.6 Å². The molecular weight excluding hydrogens is 156 g/mol. The Balaban J connectivity index is 2.05. The first kappa shape index (κ1) is 8.01. The lowest BCUT2D eigenvalue weighted by Crippen LogP contribution is -2.50. The number of carboxylic acids is 1. The van der Waals surface area contributed by atoms with Crippen molar-refractivity contribution >= 4 is 5.97 Å². The van der Waals surface area contributed by atoms with Gasteiger partial charge in [-0.15, -0.1) is 0 Å². The zero-order chi connectivity index (χ0) is 8.55. The molecule has 2 unspecified atom stereocenters. The summed E-state index contributed by atoms with van der Waals surface area (Å²) in [6, 6.07) is 0.247. The molecule has 0 aromatic heterocycles. The second-order valence-corrected chi connectivity index (χ2v) is 3.54. The molecule has 0 radical (unpaired) electrons. The lowest BCUT2D eigenvalue weighted by atomic mass is 10.00. The molecule has 68 valence electrons. The third-order valence-corrected chi connectivity index (χ3v) is 2.91. The average molecular weight is 170 g/mol. The highest BCUT2D eigenvalue weighted by Gasteiger charge is 2.39. The molecule has 2 saturated heterocycles. The van der Waals surface area contributed by atoms with E-state index in [-0.39, 0.29) is 12.0 Å². The average Bonchev–Trinajstić information content (AvgIpc) is 2.47. The summed E-state index contributed by atoms with van der Waals surface area (Å²) in [5.74, 6) is -0.774. The van der Waals surface area contributed by atoms with Crippen LogP contribution >= 0.6 is 0 Å². The number of nitrogens with one attached hydrogen (secondary N) is 1. The number of hydrogen-bond donors (Lipinski definition) is 2. The van der Waals surface area contributed by atoms with Gasteiger partial charge in [0.25, 0.3) is 0 Å². The summed E-state index contributed by atoms with van der Waals surface area (Å²) in [5, 5.41) is 12.1. The van der Waals surface area contributed by atoms with Crippen LogP contribution in [0.5, 0.6) is 0 Å². The molecule has 2 aliphatic heterocycles. The van der Waals surface area contributed by atoms with Crippen molar-refractivity contribution in [3.05, 3.63) is 0 Å². The third-order valence-electron chi connectivity index (χ3n) is 2.91. The van der Waals surface area contributed by atoms with E-state index in [0.29, 0.717) is 0 Å². The van der Waals surface area contributed by atoms with Gasteiger partial charge in [0.2, 0.25) is 0 Å². The topological polar surface area (TPSA) is 52.6 Å². The molecule has 0 spiro atoms. The normalized spacial score (nSPS) is 36.3. The lowest BCUT2D eigenvalue weighted by Gasteiger charge is -2.31. The Labute approximate surface area is 71.5 Å². The number of hydrogen-bond acceptors (Lipinski definition) is 3. The number of carboxylic acid groups (broad SMARTS) is 1. The highest BCUT2D eigenvalue weighted by Crippen LogP contribution is 2.25.